The third-order valence-corrected chi connectivity index (χ3v) is 3.82. The highest BCUT2D eigenvalue weighted by Gasteiger charge is 2.15. The van der Waals surface area contributed by atoms with Crippen LogP contribution < -0.4 is 10.1 Å². The number of aryl methyl sites for hydroxylation is 2. The molecular formula is C15H23NO. The van der Waals surface area contributed by atoms with Crippen molar-refractivity contribution in [3.05, 3.63) is 28.8 Å². The predicted octanol–water partition coefficient (Wildman–Crippen LogP) is 2.85. The van der Waals surface area contributed by atoms with Crippen LogP contribution in [0, 0.1) is 19.8 Å². The SMILES string of the molecule is COc1cc(C)c(CC2CCNCC2)cc1C. The van der Waals surface area contributed by atoms with Crippen molar-refractivity contribution in [3.63, 3.8) is 0 Å². The van der Waals surface area contributed by atoms with Crippen LogP contribution in [0.5, 0.6) is 5.75 Å². The van der Waals surface area contributed by atoms with Gasteiger partial charge in [-0.15, -0.1) is 0 Å². The van der Waals surface area contributed by atoms with E-state index in [2.05, 4.69) is 31.3 Å². The molecule has 0 saturated carbocycles. The molecule has 0 spiro atoms. The molecule has 0 amide bonds. The summed E-state index contributed by atoms with van der Waals surface area (Å²) in [5.74, 6) is 1.86. The fourth-order valence-electron chi connectivity index (χ4n) is 2.69. The molecule has 0 aromatic heterocycles. The van der Waals surface area contributed by atoms with E-state index >= 15 is 0 Å². The van der Waals surface area contributed by atoms with Gasteiger partial charge in [-0.3, -0.25) is 0 Å². The van der Waals surface area contributed by atoms with Crippen molar-refractivity contribution in [3.8, 4) is 5.75 Å². The Bertz CT molecular complexity index is 381. The van der Waals surface area contributed by atoms with Gasteiger partial charge in [-0.05, 0) is 74.9 Å². The molecule has 1 saturated heterocycles. The molecule has 1 aliphatic rings. The molecule has 94 valence electrons. The minimum absolute atomic E-state index is 0.850. The minimum atomic E-state index is 0.850. The fraction of sp³-hybridized carbons (Fsp3) is 0.600. The van der Waals surface area contributed by atoms with E-state index in [1.165, 1.54) is 49.0 Å². The standard InChI is InChI=1S/C15H23NO/c1-11-9-15(17-3)12(2)8-14(11)10-13-4-6-16-7-5-13/h8-9,13,16H,4-7,10H2,1-3H3. The number of ether oxygens (including phenoxy) is 1. The fourth-order valence-corrected chi connectivity index (χ4v) is 2.69. The van der Waals surface area contributed by atoms with Crippen molar-refractivity contribution in [2.75, 3.05) is 20.2 Å². The number of rotatable bonds is 3. The van der Waals surface area contributed by atoms with E-state index < -0.39 is 0 Å². The number of hydrogen-bond acceptors (Lipinski definition) is 2. The summed E-state index contributed by atoms with van der Waals surface area (Å²) >= 11 is 0. The van der Waals surface area contributed by atoms with E-state index in [0.29, 0.717) is 0 Å². The summed E-state index contributed by atoms with van der Waals surface area (Å²) in [6.45, 7) is 6.68. The Balaban J connectivity index is 2.12. The summed E-state index contributed by atoms with van der Waals surface area (Å²) in [7, 11) is 1.74. The molecule has 1 aromatic carbocycles. The van der Waals surface area contributed by atoms with Crippen LogP contribution >= 0.6 is 0 Å². The highest BCUT2D eigenvalue weighted by atomic mass is 16.5. The Labute approximate surface area is 104 Å². The van der Waals surface area contributed by atoms with Crippen LogP contribution in [-0.4, -0.2) is 20.2 Å². The van der Waals surface area contributed by atoms with Gasteiger partial charge in [0.05, 0.1) is 7.11 Å². The van der Waals surface area contributed by atoms with E-state index in [4.69, 9.17) is 4.74 Å². The van der Waals surface area contributed by atoms with Crippen molar-refractivity contribution in [2.45, 2.75) is 33.1 Å². The molecule has 1 aromatic rings. The predicted molar refractivity (Wildman–Crippen MR) is 71.8 cm³/mol. The minimum Gasteiger partial charge on any atom is -0.496 e. The average Bonchev–Trinajstić information content (AvgIpc) is 2.34. The average molecular weight is 233 g/mol. The summed E-state index contributed by atoms with van der Waals surface area (Å²) in [6, 6.07) is 4.47. The number of methoxy groups -OCH3 is 1. The van der Waals surface area contributed by atoms with Crippen molar-refractivity contribution in [2.24, 2.45) is 5.92 Å². The molecule has 2 heteroatoms. The zero-order valence-corrected chi connectivity index (χ0v) is 11.2. The van der Waals surface area contributed by atoms with Crippen LogP contribution in [0.4, 0.5) is 0 Å². The lowest BCUT2D eigenvalue weighted by molar-refractivity contribution is 0.371. The van der Waals surface area contributed by atoms with Gasteiger partial charge in [0.25, 0.3) is 0 Å². The smallest absolute Gasteiger partial charge is 0.122 e. The van der Waals surface area contributed by atoms with E-state index in [-0.39, 0.29) is 0 Å². The largest absolute Gasteiger partial charge is 0.496 e. The van der Waals surface area contributed by atoms with Crippen LogP contribution in [0.2, 0.25) is 0 Å². The number of benzene rings is 1. The van der Waals surface area contributed by atoms with E-state index in [9.17, 15) is 0 Å². The van der Waals surface area contributed by atoms with Gasteiger partial charge >= 0.3 is 0 Å². The molecule has 0 radical (unpaired) electrons. The molecule has 1 heterocycles. The van der Waals surface area contributed by atoms with E-state index in [1.807, 2.05) is 0 Å². The maximum absolute atomic E-state index is 5.36. The summed E-state index contributed by atoms with van der Waals surface area (Å²) in [5, 5.41) is 3.42. The van der Waals surface area contributed by atoms with Gasteiger partial charge in [0, 0.05) is 0 Å². The molecule has 1 N–H and O–H groups in total. The van der Waals surface area contributed by atoms with Crippen LogP contribution in [0.3, 0.4) is 0 Å². The maximum Gasteiger partial charge on any atom is 0.122 e. The van der Waals surface area contributed by atoms with Crippen LogP contribution in [0.1, 0.15) is 29.5 Å². The zero-order valence-electron chi connectivity index (χ0n) is 11.2. The van der Waals surface area contributed by atoms with Gasteiger partial charge in [0.15, 0.2) is 0 Å². The van der Waals surface area contributed by atoms with Gasteiger partial charge in [-0.1, -0.05) is 6.07 Å². The van der Waals surface area contributed by atoms with Gasteiger partial charge in [0.1, 0.15) is 5.75 Å². The topological polar surface area (TPSA) is 21.3 Å². The van der Waals surface area contributed by atoms with E-state index in [0.717, 1.165) is 11.7 Å². The first-order chi connectivity index (χ1) is 8.20. The molecule has 0 bridgehead atoms. The Kier molecular flexibility index (Phi) is 4.06. The lowest BCUT2D eigenvalue weighted by atomic mass is 9.88. The molecule has 2 nitrogen and oxygen atoms in total. The lowest BCUT2D eigenvalue weighted by Crippen LogP contribution is -2.28. The first-order valence-electron chi connectivity index (χ1n) is 6.55. The van der Waals surface area contributed by atoms with Crippen molar-refractivity contribution >= 4 is 0 Å². The first kappa shape index (κ1) is 12.4. The summed E-state index contributed by atoms with van der Waals surface area (Å²) in [5.41, 5.74) is 4.11. The number of nitrogens with one attached hydrogen (secondary N) is 1. The Morgan fingerprint density at radius 2 is 1.88 bits per heavy atom. The molecule has 1 aliphatic heterocycles. The number of hydrogen-bond donors (Lipinski definition) is 1. The quantitative estimate of drug-likeness (QED) is 0.867. The Morgan fingerprint density at radius 3 is 2.53 bits per heavy atom. The van der Waals surface area contributed by atoms with Gasteiger partial charge < -0.3 is 10.1 Å². The molecule has 0 atom stereocenters. The highest BCUT2D eigenvalue weighted by molar-refractivity contribution is 5.41. The van der Waals surface area contributed by atoms with Crippen molar-refractivity contribution in [1.82, 2.24) is 5.32 Å². The molecule has 0 aliphatic carbocycles. The molecule has 0 unspecified atom stereocenters. The summed E-state index contributed by atoms with van der Waals surface area (Å²) in [6.07, 6.45) is 3.84. The molecule has 1 fully saturated rings. The zero-order chi connectivity index (χ0) is 12.3. The second kappa shape index (κ2) is 5.54. The Morgan fingerprint density at radius 1 is 1.18 bits per heavy atom. The van der Waals surface area contributed by atoms with Crippen LogP contribution in [-0.2, 0) is 6.42 Å². The number of piperidine rings is 1. The van der Waals surface area contributed by atoms with Crippen molar-refractivity contribution < 1.29 is 4.74 Å². The van der Waals surface area contributed by atoms with Gasteiger partial charge in [0.2, 0.25) is 0 Å². The maximum atomic E-state index is 5.36. The third-order valence-electron chi connectivity index (χ3n) is 3.82. The van der Waals surface area contributed by atoms with Gasteiger partial charge in [-0.2, -0.15) is 0 Å². The normalized spacial score (nSPS) is 17.1. The molecular weight excluding hydrogens is 210 g/mol. The van der Waals surface area contributed by atoms with Crippen LogP contribution in [0.25, 0.3) is 0 Å². The second-order valence-corrected chi connectivity index (χ2v) is 5.15. The molecule has 17 heavy (non-hydrogen) atoms. The second-order valence-electron chi connectivity index (χ2n) is 5.15. The summed E-state index contributed by atoms with van der Waals surface area (Å²) in [4.78, 5) is 0. The monoisotopic (exact) mass is 233 g/mol. The van der Waals surface area contributed by atoms with Crippen molar-refractivity contribution in [1.29, 1.82) is 0 Å². The lowest BCUT2D eigenvalue weighted by Gasteiger charge is -2.23. The first-order valence-corrected chi connectivity index (χ1v) is 6.55. The molecule has 2 rings (SSSR count). The van der Waals surface area contributed by atoms with Crippen LogP contribution in [0.15, 0.2) is 12.1 Å². The third kappa shape index (κ3) is 3.01. The highest BCUT2D eigenvalue weighted by Crippen LogP contribution is 2.26. The van der Waals surface area contributed by atoms with E-state index in [1.54, 1.807) is 7.11 Å². The Hall–Kier alpha value is -1.02. The summed E-state index contributed by atoms with van der Waals surface area (Å²) < 4.78 is 5.36. The van der Waals surface area contributed by atoms with Gasteiger partial charge in [-0.25, -0.2) is 0 Å².